The molecule has 90 valence electrons. The van der Waals surface area contributed by atoms with E-state index < -0.39 is 0 Å². The third-order valence-electron chi connectivity index (χ3n) is 2.89. The van der Waals surface area contributed by atoms with Gasteiger partial charge in [-0.25, -0.2) is 0 Å². The Morgan fingerprint density at radius 1 is 1.33 bits per heavy atom. The highest BCUT2D eigenvalue weighted by atomic mass is 32.2. The van der Waals surface area contributed by atoms with Crippen LogP contribution in [0.25, 0.3) is 0 Å². The van der Waals surface area contributed by atoms with E-state index in [0.29, 0.717) is 0 Å². The summed E-state index contributed by atoms with van der Waals surface area (Å²) in [5.74, 6) is 1.38. The number of nitrogens with one attached hydrogen (secondary N) is 1. The Kier molecular flexibility index (Phi) is 7.49. The second-order valence-corrected chi connectivity index (χ2v) is 5.91. The molecule has 0 bridgehead atoms. The van der Waals surface area contributed by atoms with Crippen molar-refractivity contribution in [2.75, 3.05) is 39.0 Å². The topological polar surface area (TPSA) is 15.3 Å². The third kappa shape index (κ3) is 6.44. The fourth-order valence-electron chi connectivity index (χ4n) is 1.96. The molecular formula is C12H26N2S. The van der Waals surface area contributed by atoms with Crippen molar-refractivity contribution in [3.63, 3.8) is 0 Å². The zero-order chi connectivity index (χ0) is 10.9. The number of nitrogens with zero attached hydrogens (tertiary/aromatic N) is 1. The van der Waals surface area contributed by atoms with Crippen molar-refractivity contribution < 1.29 is 0 Å². The highest BCUT2D eigenvalue weighted by Crippen LogP contribution is 2.25. The van der Waals surface area contributed by atoms with Crippen molar-refractivity contribution in [2.45, 2.75) is 37.9 Å². The van der Waals surface area contributed by atoms with Gasteiger partial charge in [0.15, 0.2) is 0 Å². The molecule has 1 rings (SSSR count). The predicted octanol–water partition coefficient (Wildman–Crippen LogP) is 2.20. The van der Waals surface area contributed by atoms with Gasteiger partial charge in [-0.05, 0) is 38.6 Å². The van der Waals surface area contributed by atoms with E-state index in [2.05, 4.69) is 35.9 Å². The monoisotopic (exact) mass is 230 g/mol. The fourth-order valence-corrected chi connectivity index (χ4v) is 3.36. The third-order valence-corrected chi connectivity index (χ3v) is 4.27. The van der Waals surface area contributed by atoms with Crippen LogP contribution in [0.5, 0.6) is 0 Å². The van der Waals surface area contributed by atoms with Crippen LogP contribution >= 0.6 is 11.8 Å². The van der Waals surface area contributed by atoms with E-state index in [1.807, 2.05) is 0 Å². The van der Waals surface area contributed by atoms with Crippen molar-refractivity contribution in [3.8, 4) is 0 Å². The van der Waals surface area contributed by atoms with Gasteiger partial charge in [0.1, 0.15) is 0 Å². The first kappa shape index (κ1) is 13.3. The molecule has 0 aromatic heterocycles. The molecule has 1 atom stereocenters. The molecular weight excluding hydrogens is 204 g/mol. The lowest BCUT2D eigenvalue weighted by atomic mass is 10.2. The minimum absolute atomic E-state index is 0.898. The van der Waals surface area contributed by atoms with E-state index in [9.17, 15) is 0 Å². The molecule has 0 radical (unpaired) electrons. The van der Waals surface area contributed by atoms with E-state index in [0.717, 1.165) is 18.3 Å². The number of likely N-dealkylation sites (N-methyl/N-ethyl adjacent to an activating group) is 1. The van der Waals surface area contributed by atoms with E-state index in [1.165, 1.54) is 44.5 Å². The molecule has 15 heavy (non-hydrogen) atoms. The molecule has 1 unspecified atom stereocenters. The molecule has 0 spiro atoms. The Morgan fingerprint density at radius 3 is 2.87 bits per heavy atom. The van der Waals surface area contributed by atoms with Crippen LogP contribution in [0, 0.1) is 0 Å². The summed E-state index contributed by atoms with van der Waals surface area (Å²) in [7, 11) is 2.25. The summed E-state index contributed by atoms with van der Waals surface area (Å²) < 4.78 is 0. The van der Waals surface area contributed by atoms with Gasteiger partial charge in [-0.2, -0.15) is 11.8 Å². The van der Waals surface area contributed by atoms with Gasteiger partial charge in [-0.1, -0.05) is 13.3 Å². The van der Waals surface area contributed by atoms with Crippen LogP contribution in [0.15, 0.2) is 0 Å². The molecule has 1 heterocycles. The Labute approximate surface area is 99.2 Å². The predicted molar refractivity (Wildman–Crippen MR) is 70.8 cm³/mol. The number of rotatable bonds is 7. The van der Waals surface area contributed by atoms with Crippen molar-refractivity contribution >= 4 is 11.8 Å². The first-order chi connectivity index (χ1) is 7.33. The molecule has 0 aliphatic carbocycles. The Hall–Kier alpha value is 0.270. The van der Waals surface area contributed by atoms with Crippen LogP contribution in [-0.2, 0) is 0 Å². The molecule has 1 N–H and O–H groups in total. The van der Waals surface area contributed by atoms with Gasteiger partial charge < -0.3 is 10.2 Å². The normalized spacial score (nSPS) is 22.2. The van der Waals surface area contributed by atoms with Gasteiger partial charge in [-0.3, -0.25) is 0 Å². The summed E-state index contributed by atoms with van der Waals surface area (Å²) in [5, 5.41) is 4.35. The summed E-state index contributed by atoms with van der Waals surface area (Å²) in [6.45, 7) is 6.98. The van der Waals surface area contributed by atoms with Gasteiger partial charge in [0.2, 0.25) is 0 Å². The summed E-state index contributed by atoms with van der Waals surface area (Å²) in [6.07, 6.45) is 5.54. The molecule has 1 saturated heterocycles. The largest absolute Gasteiger partial charge is 0.315 e. The number of hydrogen-bond acceptors (Lipinski definition) is 3. The summed E-state index contributed by atoms with van der Waals surface area (Å²) >= 11 is 2.17. The lowest BCUT2D eigenvalue weighted by molar-refractivity contribution is 0.325. The van der Waals surface area contributed by atoms with Crippen molar-refractivity contribution in [2.24, 2.45) is 0 Å². The molecule has 2 nitrogen and oxygen atoms in total. The molecule has 0 aromatic carbocycles. The lowest BCUT2D eigenvalue weighted by Gasteiger charge is -2.26. The van der Waals surface area contributed by atoms with E-state index >= 15 is 0 Å². The van der Waals surface area contributed by atoms with E-state index in [4.69, 9.17) is 0 Å². The van der Waals surface area contributed by atoms with Gasteiger partial charge in [-0.15, -0.1) is 0 Å². The van der Waals surface area contributed by atoms with E-state index in [-0.39, 0.29) is 0 Å². The van der Waals surface area contributed by atoms with Crippen molar-refractivity contribution in [1.29, 1.82) is 0 Å². The minimum Gasteiger partial charge on any atom is -0.315 e. The van der Waals surface area contributed by atoms with Crippen molar-refractivity contribution in [1.82, 2.24) is 10.2 Å². The van der Waals surface area contributed by atoms with Crippen LogP contribution in [0.1, 0.15) is 32.6 Å². The van der Waals surface area contributed by atoms with E-state index in [1.54, 1.807) is 0 Å². The standard InChI is InChI=1S/C12H26N2S/c1-3-7-13-8-9-14(2)11-12-6-4-5-10-15-12/h12-13H,3-11H2,1-2H3. The summed E-state index contributed by atoms with van der Waals surface area (Å²) in [6, 6.07) is 0. The van der Waals surface area contributed by atoms with Gasteiger partial charge in [0.25, 0.3) is 0 Å². The first-order valence-corrected chi connectivity index (χ1v) is 7.38. The van der Waals surface area contributed by atoms with Crippen LogP contribution in [0.3, 0.4) is 0 Å². The van der Waals surface area contributed by atoms with Crippen LogP contribution < -0.4 is 5.32 Å². The van der Waals surface area contributed by atoms with Crippen LogP contribution in [-0.4, -0.2) is 49.1 Å². The second kappa shape index (κ2) is 8.43. The Bertz CT molecular complexity index is 147. The van der Waals surface area contributed by atoms with Gasteiger partial charge in [0, 0.05) is 24.9 Å². The molecule has 0 aromatic rings. The fraction of sp³-hybridized carbons (Fsp3) is 1.00. The second-order valence-electron chi connectivity index (χ2n) is 4.50. The van der Waals surface area contributed by atoms with Crippen LogP contribution in [0.2, 0.25) is 0 Å². The number of thioether (sulfide) groups is 1. The lowest BCUT2D eigenvalue weighted by Crippen LogP contribution is -2.34. The number of hydrogen-bond donors (Lipinski definition) is 1. The SMILES string of the molecule is CCCNCCN(C)CC1CCCCS1. The molecule has 1 aliphatic heterocycles. The maximum Gasteiger partial charge on any atom is 0.0174 e. The minimum atomic E-state index is 0.898. The first-order valence-electron chi connectivity index (χ1n) is 6.33. The summed E-state index contributed by atoms with van der Waals surface area (Å²) in [4.78, 5) is 2.48. The molecule has 3 heteroatoms. The Morgan fingerprint density at radius 2 is 2.20 bits per heavy atom. The Balaban J connectivity index is 1.98. The van der Waals surface area contributed by atoms with Crippen LogP contribution in [0.4, 0.5) is 0 Å². The highest BCUT2D eigenvalue weighted by Gasteiger charge is 2.15. The average Bonchev–Trinajstić information content (AvgIpc) is 2.26. The van der Waals surface area contributed by atoms with Gasteiger partial charge in [0.05, 0.1) is 0 Å². The summed E-state index contributed by atoms with van der Waals surface area (Å²) in [5.41, 5.74) is 0. The molecule has 0 saturated carbocycles. The average molecular weight is 230 g/mol. The molecule has 1 fully saturated rings. The zero-order valence-electron chi connectivity index (χ0n) is 10.3. The molecule has 0 amide bonds. The van der Waals surface area contributed by atoms with Gasteiger partial charge >= 0.3 is 0 Å². The quantitative estimate of drug-likeness (QED) is 0.675. The zero-order valence-corrected chi connectivity index (χ0v) is 11.1. The maximum absolute atomic E-state index is 3.45. The van der Waals surface area contributed by atoms with Crippen molar-refractivity contribution in [3.05, 3.63) is 0 Å². The highest BCUT2D eigenvalue weighted by molar-refractivity contribution is 7.99. The molecule has 1 aliphatic rings. The smallest absolute Gasteiger partial charge is 0.0174 e. The maximum atomic E-state index is 3.45.